The molecule has 2 fully saturated rings. The number of benzene rings is 1. The standard InChI is InChI=1S/C20H29N2/c1-3-22-11-7-10-16-18-13-21(2)14-19(18)17(12-20(16)22)15-8-5-4-6-9-15/h4-6,8-9,13,16-20H,3,7,10-12,14H2,1-2H3/q+1. The Balaban J connectivity index is 1.69. The molecule has 5 atom stereocenters. The van der Waals surface area contributed by atoms with Crippen molar-refractivity contribution in [1.29, 1.82) is 0 Å². The molecule has 118 valence electrons. The minimum atomic E-state index is 0.737. The molecule has 2 heterocycles. The van der Waals surface area contributed by atoms with Gasteiger partial charge in [0, 0.05) is 17.9 Å². The average Bonchev–Trinajstić information content (AvgIpc) is 2.96. The number of nitrogens with zero attached hydrogens (tertiary/aromatic N) is 2. The fourth-order valence-electron chi connectivity index (χ4n) is 5.59. The van der Waals surface area contributed by atoms with Crippen molar-refractivity contribution in [2.24, 2.45) is 17.8 Å². The molecule has 1 saturated carbocycles. The summed E-state index contributed by atoms with van der Waals surface area (Å²) in [6, 6.07) is 12.1. The predicted octanol–water partition coefficient (Wildman–Crippen LogP) is 3.23. The third kappa shape index (κ3) is 2.32. The summed E-state index contributed by atoms with van der Waals surface area (Å²) in [5, 5.41) is 0. The van der Waals surface area contributed by atoms with Crippen LogP contribution in [0.2, 0.25) is 0 Å². The molecule has 0 spiro atoms. The quantitative estimate of drug-likeness (QED) is 0.760. The highest BCUT2D eigenvalue weighted by molar-refractivity contribution is 5.59. The molecule has 0 radical (unpaired) electrons. The van der Waals surface area contributed by atoms with Crippen molar-refractivity contribution in [1.82, 2.24) is 4.90 Å². The molecule has 0 bridgehead atoms. The van der Waals surface area contributed by atoms with Crippen LogP contribution in [-0.2, 0) is 0 Å². The molecule has 1 saturated heterocycles. The Kier molecular flexibility index (Phi) is 3.81. The van der Waals surface area contributed by atoms with Gasteiger partial charge in [-0.15, -0.1) is 0 Å². The summed E-state index contributed by atoms with van der Waals surface area (Å²) in [4.78, 5) is 2.77. The van der Waals surface area contributed by atoms with E-state index in [0.717, 1.165) is 29.7 Å². The minimum Gasteiger partial charge on any atom is -0.300 e. The van der Waals surface area contributed by atoms with Crippen LogP contribution in [-0.4, -0.2) is 48.4 Å². The summed E-state index contributed by atoms with van der Waals surface area (Å²) in [5.41, 5.74) is 1.57. The lowest BCUT2D eigenvalue weighted by atomic mass is 9.61. The maximum absolute atomic E-state index is 2.77. The molecular formula is C20H29N2+. The number of piperidine rings is 1. The van der Waals surface area contributed by atoms with Gasteiger partial charge in [-0.3, -0.25) is 0 Å². The number of likely N-dealkylation sites (tertiary alicyclic amines) is 1. The summed E-state index contributed by atoms with van der Waals surface area (Å²) in [6.45, 7) is 6.12. The Morgan fingerprint density at radius 3 is 2.77 bits per heavy atom. The first-order valence-corrected chi connectivity index (χ1v) is 9.12. The Bertz CT molecular complexity index is 550. The van der Waals surface area contributed by atoms with E-state index in [9.17, 15) is 0 Å². The first-order chi connectivity index (χ1) is 10.8. The summed E-state index contributed by atoms with van der Waals surface area (Å²) >= 11 is 0. The number of rotatable bonds is 2. The second-order valence-corrected chi connectivity index (χ2v) is 7.58. The van der Waals surface area contributed by atoms with Gasteiger partial charge in [0.25, 0.3) is 0 Å². The molecule has 2 aliphatic heterocycles. The summed E-state index contributed by atoms with van der Waals surface area (Å²) in [6.07, 6.45) is 6.77. The van der Waals surface area contributed by atoms with Crippen LogP contribution in [0.25, 0.3) is 0 Å². The van der Waals surface area contributed by atoms with Gasteiger partial charge < -0.3 is 4.90 Å². The Labute approximate surface area is 134 Å². The first kappa shape index (κ1) is 14.4. The molecule has 1 aromatic carbocycles. The van der Waals surface area contributed by atoms with Gasteiger partial charge in [-0.2, -0.15) is 0 Å². The van der Waals surface area contributed by atoms with Gasteiger partial charge in [0.05, 0.1) is 0 Å². The molecule has 4 rings (SSSR count). The molecule has 0 N–H and O–H groups in total. The molecule has 0 amide bonds. The second kappa shape index (κ2) is 5.81. The van der Waals surface area contributed by atoms with Crippen LogP contribution < -0.4 is 0 Å². The Hall–Kier alpha value is -1.15. The number of hydrogen-bond acceptors (Lipinski definition) is 1. The molecule has 22 heavy (non-hydrogen) atoms. The van der Waals surface area contributed by atoms with Crippen LogP contribution in [0.15, 0.2) is 30.3 Å². The third-order valence-electron chi connectivity index (χ3n) is 6.51. The van der Waals surface area contributed by atoms with Crippen LogP contribution in [0.5, 0.6) is 0 Å². The highest BCUT2D eigenvalue weighted by atomic mass is 15.2. The van der Waals surface area contributed by atoms with Crippen LogP contribution in [0.1, 0.15) is 37.7 Å². The van der Waals surface area contributed by atoms with E-state index in [1.165, 1.54) is 38.9 Å². The SMILES string of the molecule is CCN1CCCC2C3C=[N+](C)CC3C(c3ccccc3)CC21. The maximum atomic E-state index is 2.77. The van der Waals surface area contributed by atoms with Crippen molar-refractivity contribution >= 4 is 6.21 Å². The van der Waals surface area contributed by atoms with E-state index in [-0.39, 0.29) is 0 Å². The van der Waals surface area contributed by atoms with Crippen molar-refractivity contribution in [3.05, 3.63) is 35.9 Å². The van der Waals surface area contributed by atoms with Crippen molar-refractivity contribution in [3.8, 4) is 0 Å². The molecule has 5 unspecified atom stereocenters. The number of fused-ring (bicyclic) bond motifs is 3. The van der Waals surface area contributed by atoms with Crippen LogP contribution >= 0.6 is 0 Å². The fraction of sp³-hybridized carbons (Fsp3) is 0.650. The Morgan fingerprint density at radius 2 is 2.00 bits per heavy atom. The van der Waals surface area contributed by atoms with Gasteiger partial charge in [0.1, 0.15) is 19.8 Å². The monoisotopic (exact) mass is 297 g/mol. The fourth-order valence-corrected chi connectivity index (χ4v) is 5.59. The summed E-state index contributed by atoms with van der Waals surface area (Å²) in [5.74, 6) is 3.25. The van der Waals surface area contributed by atoms with E-state index < -0.39 is 0 Å². The number of hydrogen-bond donors (Lipinski definition) is 0. The van der Waals surface area contributed by atoms with E-state index in [2.05, 4.69) is 60.0 Å². The topological polar surface area (TPSA) is 6.25 Å². The van der Waals surface area contributed by atoms with Gasteiger partial charge in [-0.1, -0.05) is 37.3 Å². The van der Waals surface area contributed by atoms with Crippen molar-refractivity contribution in [2.45, 2.75) is 38.1 Å². The molecule has 1 aliphatic carbocycles. The zero-order chi connectivity index (χ0) is 15.1. The van der Waals surface area contributed by atoms with Crippen molar-refractivity contribution in [2.75, 3.05) is 26.7 Å². The molecule has 2 nitrogen and oxygen atoms in total. The normalized spacial score (nSPS) is 38.3. The minimum absolute atomic E-state index is 0.737. The second-order valence-electron chi connectivity index (χ2n) is 7.58. The van der Waals surface area contributed by atoms with E-state index >= 15 is 0 Å². The van der Waals surface area contributed by atoms with Crippen molar-refractivity contribution in [3.63, 3.8) is 0 Å². The third-order valence-corrected chi connectivity index (χ3v) is 6.51. The molecule has 3 aliphatic rings. The Morgan fingerprint density at radius 1 is 1.18 bits per heavy atom. The zero-order valence-corrected chi connectivity index (χ0v) is 14.0. The highest BCUT2D eigenvalue weighted by Gasteiger charge is 2.51. The summed E-state index contributed by atoms with van der Waals surface area (Å²) in [7, 11) is 2.27. The molecule has 1 aromatic rings. The maximum Gasteiger partial charge on any atom is 0.146 e. The van der Waals surface area contributed by atoms with E-state index in [4.69, 9.17) is 0 Å². The van der Waals surface area contributed by atoms with Gasteiger partial charge in [-0.05, 0) is 49.8 Å². The van der Waals surface area contributed by atoms with Gasteiger partial charge >= 0.3 is 0 Å². The van der Waals surface area contributed by atoms with E-state index in [1.807, 2.05) is 0 Å². The van der Waals surface area contributed by atoms with Gasteiger partial charge in [0.2, 0.25) is 0 Å². The van der Waals surface area contributed by atoms with Crippen LogP contribution in [0.3, 0.4) is 0 Å². The van der Waals surface area contributed by atoms with E-state index in [0.29, 0.717) is 0 Å². The highest BCUT2D eigenvalue weighted by Crippen LogP contribution is 2.49. The van der Waals surface area contributed by atoms with E-state index in [1.54, 1.807) is 5.56 Å². The van der Waals surface area contributed by atoms with Crippen LogP contribution in [0, 0.1) is 17.8 Å². The largest absolute Gasteiger partial charge is 0.300 e. The molecule has 0 aromatic heterocycles. The lowest BCUT2D eigenvalue weighted by molar-refractivity contribution is -0.490. The lowest BCUT2D eigenvalue weighted by Gasteiger charge is -2.49. The van der Waals surface area contributed by atoms with Crippen molar-refractivity contribution < 1.29 is 4.58 Å². The van der Waals surface area contributed by atoms with Gasteiger partial charge in [-0.25, -0.2) is 4.58 Å². The predicted molar refractivity (Wildman–Crippen MR) is 91.7 cm³/mol. The molecular weight excluding hydrogens is 268 g/mol. The lowest BCUT2D eigenvalue weighted by Crippen LogP contribution is -2.53. The van der Waals surface area contributed by atoms with Crippen LogP contribution in [0.4, 0.5) is 0 Å². The average molecular weight is 297 g/mol. The van der Waals surface area contributed by atoms with Gasteiger partial charge in [0.15, 0.2) is 0 Å². The molecule has 2 heteroatoms. The smallest absolute Gasteiger partial charge is 0.146 e. The summed E-state index contributed by atoms with van der Waals surface area (Å²) < 4.78 is 2.47. The first-order valence-electron chi connectivity index (χ1n) is 9.12. The zero-order valence-electron chi connectivity index (χ0n) is 14.0.